The van der Waals surface area contributed by atoms with Gasteiger partial charge in [-0.05, 0) is 58.4 Å². The number of carbonyl (C=O) groups is 1. The van der Waals surface area contributed by atoms with Crippen molar-refractivity contribution in [2.24, 2.45) is 0 Å². The molecule has 9 heteroatoms. The van der Waals surface area contributed by atoms with Gasteiger partial charge in [0, 0.05) is 15.7 Å². The van der Waals surface area contributed by atoms with Crippen molar-refractivity contribution in [3.05, 3.63) is 52.0 Å². The third kappa shape index (κ3) is 4.78. The molecule has 1 N–H and O–H groups in total. The molecule has 6 nitrogen and oxygen atoms in total. The average Bonchev–Trinajstić information content (AvgIpc) is 3.12. The van der Waals surface area contributed by atoms with E-state index in [1.807, 2.05) is 24.3 Å². The molecule has 3 rings (SSSR count). The Morgan fingerprint density at radius 1 is 1.27 bits per heavy atom. The number of benzene rings is 2. The molecule has 0 saturated heterocycles. The molecule has 1 heterocycles. The number of amides is 1. The van der Waals surface area contributed by atoms with Crippen LogP contribution in [0.15, 0.2) is 56.6 Å². The van der Waals surface area contributed by atoms with E-state index in [1.165, 1.54) is 0 Å². The summed E-state index contributed by atoms with van der Waals surface area (Å²) >= 11 is 10.4. The summed E-state index contributed by atoms with van der Waals surface area (Å²) in [5, 5.41) is 11.6. The van der Waals surface area contributed by atoms with Crippen molar-refractivity contribution in [1.82, 2.24) is 10.2 Å². The van der Waals surface area contributed by atoms with Crippen molar-refractivity contribution in [2.75, 3.05) is 18.2 Å². The van der Waals surface area contributed by atoms with Gasteiger partial charge in [-0.15, -0.1) is 10.2 Å². The minimum atomic E-state index is -0.187. The maximum Gasteiger partial charge on any atom is 0.277 e. The average molecular weight is 455 g/mol. The van der Waals surface area contributed by atoms with Crippen LogP contribution in [0.5, 0.6) is 5.75 Å². The lowest BCUT2D eigenvalue weighted by molar-refractivity contribution is -0.113. The molecule has 0 aliphatic carbocycles. The molecule has 1 amide bonds. The number of halogens is 2. The largest absolute Gasteiger partial charge is 0.497 e. The van der Waals surface area contributed by atoms with Crippen molar-refractivity contribution < 1.29 is 13.9 Å². The third-order valence-corrected chi connectivity index (χ3v) is 5.31. The Kier molecular flexibility index (Phi) is 6.18. The summed E-state index contributed by atoms with van der Waals surface area (Å²) < 4.78 is 11.4. The molecule has 3 aromatic rings. The molecule has 1 aromatic heterocycles. The lowest BCUT2D eigenvalue weighted by Crippen LogP contribution is -2.13. The molecule has 2 aromatic carbocycles. The van der Waals surface area contributed by atoms with E-state index >= 15 is 0 Å². The first-order valence-electron chi connectivity index (χ1n) is 7.41. The van der Waals surface area contributed by atoms with Gasteiger partial charge in [0.15, 0.2) is 0 Å². The molecule has 0 atom stereocenters. The number of hydrogen-bond acceptors (Lipinski definition) is 6. The van der Waals surface area contributed by atoms with E-state index in [4.69, 9.17) is 20.8 Å². The fourth-order valence-electron chi connectivity index (χ4n) is 2.02. The summed E-state index contributed by atoms with van der Waals surface area (Å²) in [6.07, 6.45) is 0. The number of methoxy groups -OCH3 is 1. The summed E-state index contributed by atoms with van der Waals surface area (Å²) in [5.41, 5.74) is 1.43. The molecule has 0 fully saturated rings. The minimum Gasteiger partial charge on any atom is -0.497 e. The second kappa shape index (κ2) is 8.57. The van der Waals surface area contributed by atoms with Gasteiger partial charge in [-0.3, -0.25) is 4.79 Å². The van der Waals surface area contributed by atoms with Crippen LogP contribution in [-0.4, -0.2) is 29.0 Å². The number of nitrogens with zero attached hydrogens (tertiary/aromatic N) is 2. The smallest absolute Gasteiger partial charge is 0.277 e. The highest BCUT2D eigenvalue weighted by Crippen LogP contribution is 2.27. The monoisotopic (exact) mass is 453 g/mol. The number of rotatable bonds is 6. The van der Waals surface area contributed by atoms with Crippen LogP contribution >= 0.6 is 39.3 Å². The maximum atomic E-state index is 12.0. The highest BCUT2D eigenvalue weighted by molar-refractivity contribution is 9.10. The number of hydrogen-bond donors (Lipinski definition) is 1. The minimum absolute atomic E-state index is 0.143. The van der Waals surface area contributed by atoms with Crippen molar-refractivity contribution in [2.45, 2.75) is 5.22 Å². The number of anilines is 1. The second-order valence-corrected chi connectivity index (χ2v) is 7.26. The number of ether oxygens (including phenoxy) is 1. The van der Waals surface area contributed by atoms with Crippen molar-refractivity contribution in [1.29, 1.82) is 0 Å². The first-order chi connectivity index (χ1) is 12.5. The van der Waals surface area contributed by atoms with E-state index in [9.17, 15) is 4.79 Å². The first kappa shape index (κ1) is 18.8. The molecule has 0 saturated carbocycles. The Bertz CT molecular complexity index is 918. The predicted molar refractivity (Wildman–Crippen MR) is 105 cm³/mol. The summed E-state index contributed by atoms with van der Waals surface area (Å²) in [6, 6.07) is 12.4. The number of aromatic nitrogens is 2. The first-order valence-corrected chi connectivity index (χ1v) is 9.56. The lowest BCUT2D eigenvalue weighted by atomic mass is 10.2. The normalized spacial score (nSPS) is 10.6. The second-order valence-electron chi connectivity index (χ2n) is 5.07. The molecule has 0 aliphatic heterocycles. The quantitative estimate of drug-likeness (QED) is 0.534. The van der Waals surface area contributed by atoms with Crippen LogP contribution in [0.3, 0.4) is 0 Å². The van der Waals surface area contributed by atoms with Gasteiger partial charge in [0.25, 0.3) is 5.22 Å². The SMILES string of the molecule is COc1ccc(-c2nnc(SCC(=O)Nc3ccc(Cl)c(Br)c3)o2)cc1. The van der Waals surface area contributed by atoms with Crippen LogP contribution in [0.4, 0.5) is 5.69 Å². The summed E-state index contributed by atoms with van der Waals surface area (Å²) in [4.78, 5) is 12.0. The van der Waals surface area contributed by atoms with Crippen molar-refractivity contribution in [3.63, 3.8) is 0 Å². The fraction of sp³-hybridized carbons (Fsp3) is 0.118. The van der Waals surface area contributed by atoms with Crippen LogP contribution in [0.1, 0.15) is 0 Å². The van der Waals surface area contributed by atoms with Crippen molar-refractivity contribution >= 4 is 50.9 Å². The zero-order valence-electron chi connectivity index (χ0n) is 13.5. The van der Waals surface area contributed by atoms with E-state index in [0.29, 0.717) is 26.3 Å². The topological polar surface area (TPSA) is 77.2 Å². The van der Waals surface area contributed by atoms with Gasteiger partial charge in [-0.2, -0.15) is 0 Å². The van der Waals surface area contributed by atoms with Crippen LogP contribution in [0.25, 0.3) is 11.5 Å². The van der Waals surface area contributed by atoms with Crippen molar-refractivity contribution in [3.8, 4) is 17.2 Å². The molecule has 0 unspecified atom stereocenters. The zero-order chi connectivity index (χ0) is 18.5. The molecule has 0 spiro atoms. The number of nitrogens with one attached hydrogen (secondary N) is 1. The van der Waals surface area contributed by atoms with Gasteiger partial charge in [-0.25, -0.2) is 0 Å². The molecule has 26 heavy (non-hydrogen) atoms. The van der Waals surface area contributed by atoms with Crippen LogP contribution < -0.4 is 10.1 Å². The van der Waals surface area contributed by atoms with Crippen LogP contribution in [0, 0.1) is 0 Å². The molecule has 0 bridgehead atoms. The summed E-state index contributed by atoms with van der Waals surface area (Å²) in [5.74, 6) is 1.09. The Morgan fingerprint density at radius 2 is 2.04 bits per heavy atom. The summed E-state index contributed by atoms with van der Waals surface area (Å²) in [7, 11) is 1.60. The van der Waals surface area contributed by atoms with Gasteiger partial charge in [0.2, 0.25) is 11.8 Å². The Hall–Kier alpha value is -2.03. The van der Waals surface area contributed by atoms with E-state index in [2.05, 4.69) is 31.4 Å². The van der Waals surface area contributed by atoms with E-state index < -0.39 is 0 Å². The molecule has 0 aliphatic rings. The zero-order valence-corrected chi connectivity index (χ0v) is 16.7. The fourth-order valence-corrected chi connectivity index (χ4v) is 3.08. The number of carbonyl (C=O) groups excluding carboxylic acids is 1. The lowest BCUT2D eigenvalue weighted by Gasteiger charge is -2.05. The van der Waals surface area contributed by atoms with E-state index in [1.54, 1.807) is 25.3 Å². The predicted octanol–water partition coefficient (Wildman–Crippen LogP) is 4.89. The Morgan fingerprint density at radius 3 is 2.73 bits per heavy atom. The molecular formula is C17H13BrClN3O3S. The third-order valence-electron chi connectivity index (χ3n) is 3.27. The molecule has 0 radical (unpaired) electrons. The highest BCUT2D eigenvalue weighted by atomic mass is 79.9. The number of thioether (sulfide) groups is 1. The highest BCUT2D eigenvalue weighted by Gasteiger charge is 2.12. The van der Waals surface area contributed by atoms with Gasteiger partial charge in [0.1, 0.15) is 5.75 Å². The van der Waals surface area contributed by atoms with E-state index in [-0.39, 0.29) is 11.7 Å². The standard InChI is InChI=1S/C17H13BrClN3O3S/c1-24-12-5-2-10(3-6-12)16-21-22-17(25-16)26-9-15(23)20-11-4-7-14(19)13(18)8-11/h2-8H,9H2,1H3,(H,20,23). The van der Waals surface area contributed by atoms with Gasteiger partial charge in [0.05, 0.1) is 17.9 Å². The van der Waals surface area contributed by atoms with Gasteiger partial charge >= 0.3 is 0 Å². The molecule has 134 valence electrons. The van der Waals surface area contributed by atoms with Gasteiger partial charge in [-0.1, -0.05) is 23.4 Å². The Balaban J connectivity index is 1.56. The van der Waals surface area contributed by atoms with Crippen LogP contribution in [-0.2, 0) is 4.79 Å². The van der Waals surface area contributed by atoms with E-state index in [0.717, 1.165) is 23.1 Å². The summed E-state index contributed by atoms with van der Waals surface area (Å²) in [6.45, 7) is 0. The van der Waals surface area contributed by atoms with Crippen LogP contribution in [0.2, 0.25) is 5.02 Å². The molecular weight excluding hydrogens is 442 g/mol. The Labute approximate surface area is 167 Å². The van der Waals surface area contributed by atoms with Gasteiger partial charge < -0.3 is 14.5 Å². The maximum absolute atomic E-state index is 12.0.